The number of allylic oxidation sites excluding steroid dienone is 2. The van der Waals surface area contributed by atoms with Crippen molar-refractivity contribution < 1.29 is 18.5 Å². The van der Waals surface area contributed by atoms with Crippen LogP contribution in [-0.4, -0.2) is 34.1 Å². The quantitative estimate of drug-likeness (QED) is 0.758. The molecule has 0 saturated carbocycles. The molecule has 1 aliphatic rings. The summed E-state index contributed by atoms with van der Waals surface area (Å²) in [4.78, 5) is 13.1. The molecule has 0 saturated heterocycles. The molecule has 0 heterocycles. The van der Waals surface area contributed by atoms with E-state index >= 15 is 0 Å². The van der Waals surface area contributed by atoms with E-state index in [2.05, 4.69) is 5.32 Å². The van der Waals surface area contributed by atoms with E-state index in [1.165, 1.54) is 12.1 Å². The summed E-state index contributed by atoms with van der Waals surface area (Å²) in [6, 6.07) is 11.7. The first-order valence-electron chi connectivity index (χ1n) is 9.36. The van der Waals surface area contributed by atoms with Gasteiger partial charge in [-0.05, 0) is 77.6 Å². The lowest BCUT2D eigenvalue weighted by atomic mass is 10.0. The highest BCUT2D eigenvalue weighted by molar-refractivity contribution is 7.84. The Hall–Kier alpha value is -2.57. The first kappa shape index (κ1) is 21.1. The highest BCUT2D eigenvalue weighted by Gasteiger charge is 2.26. The predicted molar refractivity (Wildman–Crippen MR) is 115 cm³/mol. The zero-order chi connectivity index (χ0) is 21.1. The fraction of sp³-hybridized carbons (Fsp3) is 0.261. The molecule has 0 radical (unpaired) electrons. The first-order valence-corrected chi connectivity index (χ1v) is 10.9. The zero-order valence-corrected chi connectivity index (χ0v) is 17.5. The van der Waals surface area contributed by atoms with Crippen LogP contribution < -0.4 is 5.32 Å². The molecule has 2 aromatic rings. The Balaban J connectivity index is 2.00. The number of hydrogen-bond donors (Lipinski definition) is 2. The summed E-state index contributed by atoms with van der Waals surface area (Å²) in [5.74, 6) is -0.568. The number of hydrogen-bond acceptors (Lipinski definition) is 3. The molecule has 0 aromatic heterocycles. The molecule has 1 aliphatic carbocycles. The third-order valence-electron chi connectivity index (χ3n) is 5.00. The summed E-state index contributed by atoms with van der Waals surface area (Å²) in [6.07, 6.45) is 3.74. The van der Waals surface area contributed by atoms with E-state index in [4.69, 9.17) is 5.11 Å². The summed E-state index contributed by atoms with van der Waals surface area (Å²) in [5, 5.41) is 11.9. The van der Waals surface area contributed by atoms with Crippen molar-refractivity contribution in [2.75, 3.05) is 12.9 Å². The summed E-state index contributed by atoms with van der Waals surface area (Å²) in [5.41, 5.74) is 5.16. The fourth-order valence-electron chi connectivity index (χ4n) is 3.44. The smallest absolute Gasteiger partial charge is 0.224 e. The number of halogens is 1. The number of rotatable bonds is 6. The highest BCUT2D eigenvalue weighted by atomic mass is 32.2. The van der Waals surface area contributed by atoms with Crippen LogP contribution in [0.25, 0.3) is 17.2 Å². The van der Waals surface area contributed by atoms with Crippen LogP contribution in [0.15, 0.2) is 52.9 Å². The summed E-state index contributed by atoms with van der Waals surface area (Å²) in [7, 11) is -1.04. The highest BCUT2D eigenvalue weighted by Crippen LogP contribution is 2.43. The zero-order valence-electron chi connectivity index (χ0n) is 16.7. The Morgan fingerprint density at radius 3 is 2.52 bits per heavy atom. The Kier molecular flexibility index (Phi) is 6.45. The number of carbonyl (C=O) groups is 1. The Labute approximate surface area is 172 Å². The van der Waals surface area contributed by atoms with E-state index in [-0.39, 0.29) is 30.8 Å². The maximum atomic E-state index is 13.9. The van der Waals surface area contributed by atoms with Crippen LogP contribution in [-0.2, 0) is 15.6 Å². The van der Waals surface area contributed by atoms with Gasteiger partial charge in [-0.2, -0.15) is 0 Å². The van der Waals surface area contributed by atoms with Gasteiger partial charge in [0.2, 0.25) is 5.91 Å². The molecule has 0 spiro atoms. The molecule has 3 rings (SSSR count). The average molecular weight is 414 g/mol. The molecule has 0 aliphatic heterocycles. The van der Waals surface area contributed by atoms with Crippen LogP contribution in [0.3, 0.4) is 0 Å². The molecule has 4 nitrogen and oxygen atoms in total. The van der Waals surface area contributed by atoms with Gasteiger partial charge in [-0.3, -0.25) is 9.00 Å². The second-order valence-corrected chi connectivity index (χ2v) is 8.58. The van der Waals surface area contributed by atoms with Crippen LogP contribution >= 0.6 is 0 Å². The van der Waals surface area contributed by atoms with Gasteiger partial charge in [0, 0.05) is 28.0 Å². The summed E-state index contributed by atoms with van der Waals surface area (Å²) < 4.78 is 25.5. The van der Waals surface area contributed by atoms with Gasteiger partial charge in [0.25, 0.3) is 0 Å². The SMILES string of the molecule is CC1=C(CC(=O)N[C@@H](C)CO)c2cc(F)ccc2/C1=C/c1ccc([S@@](C)=O)cc1. The van der Waals surface area contributed by atoms with Crippen molar-refractivity contribution in [3.05, 3.63) is 70.5 Å². The van der Waals surface area contributed by atoms with E-state index in [1.807, 2.05) is 37.3 Å². The van der Waals surface area contributed by atoms with Gasteiger partial charge in [0.1, 0.15) is 5.82 Å². The molecule has 152 valence electrons. The lowest BCUT2D eigenvalue weighted by molar-refractivity contribution is -0.120. The molecule has 2 aromatic carbocycles. The van der Waals surface area contributed by atoms with Crippen LogP contribution in [0, 0.1) is 5.82 Å². The lowest BCUT2D eigenvalue weighted by Gasteiger charge is -2.12. The predicted octanol–water partition coefficient (Wildman–Crippen LogP) is 3.78. The summed E-state index contributed by atoms with van der Waals surface area (Å²) >= 11 is 0. The number of amides is 1. The van der Waals surface area contributed by atoms with Crippen LogP contribution in [0.2, 0.25) is 0 Å². The molecular weight excluding hydrogens is 389 g/mol. The Morgan fingerprint density at radius 1 is 1.21 bits per heavy atom. The minimum absolute atomic E-state index is 0.109. The van der Waals surface area contributed by atoms with E-state index in [1.54, 1.807) is 19.2 Å². The number of fused-ring (bicyclic) bond motifs is 1. The van der Waals surface area contributed by atoms with Crippen molar-refractivity contribution in [2.45, 2.75) is 31.2 Å². The molecule has 2 N–H and O–H groups in total. The molecule has 0 fully saturated rings. The molecular formula is C23H24FNO3S. The summed E-state index contributed by atoms with van der Waals surface area (Å²) in [6.45, 7) is 3.51. The largest absolute Gasteiger partial charge is 0.394 e. The van der Waals surface area contributed by atoms with E-state index in [0.29, 0.717) is 5.56 Å². The minimum Gasteiger partial charge on any atom is -0.394 e. The number of carbonyl (C=O) groups excluding carboxylic acids is 1. The van der Waals surface area contributed by atoms with Gasteiger partial charge < -0.3 is 10.4 Å². The van der Waals surface area contributed by atoms with Gasteiger partial charge in [-0.25, -0.2) is 4.39 Å². The van der Waals surface area contributed by atoms with E-state index in [9.17, 15) is 13.4 Å². The van der Waals surface area contributed by atoms with E-state index < -0.39 is 10.8 Å². The van der Waals surface area contributed by atoms with Crippen molar-refractivity contribution in [2.24, 2.45) is 0 Å². The monoisotopic (exact) mass is 413 g/mol. The van der Waals surface area contributed by atoms with E-state index in [0.717, 1.165) is 32.7 Å². The number of aliphatic hydroxyl groups is 1. The van der Waals surface area contributed by atoms with Crippen molar-refractivity contribution in [3.8, 4) is 0 Å². The van der Waals surface area contributed by atoms with Crippen molar-refractivity contribution in [1.82, 2.24) is 5.32 Å². The minimum atomic E-state index is -1.04. The second-order valence-electron chi connectivity index (χ2n) is 7.20. The van der Waals surface area contributed by atoms with Gasteiger partial charge in [-0.1, -0.05) is 18.2 Å². The number of benzene rings is 2. The Bertz CT molecular complexity index is 1020. The molecule has 6 heteroatoms. The molecule has 1 amide bonds. The maximum absolute atomic E-state index is 13.9. The van der Waals surface area contributed by atoms with Gasteiger partial charge in [-0.15, -0.1) is 0 Å². The van der Waals surface area contributed by atoms with Crippen molar-refractivity contribution >= 4 is 33.9 Å². The normalized spacial score (nSPS) is 16.7. The molecule has 2 atom stereocenters. The average Bonchev–Trinajstić information content (AvgIpc) is 2.93. The Morgan fingerprint density at radius 2 is 1.90 bits per heavy atom. The lowest BCUT2D eigenvalue weighted by Crippen LogP contribution is -2.34. The standard InChI is InChI=1S/C23H24FNO3S/c1-14(13-26)25-23(27)12-21-15(2)20(19-9-6-17(24)11-22(19)21)10-16-4-7-18(8-5-16)29(3)28/h4-11,14,26H,12-13H2,1-3H3,(H,25,27)/b20-10+/t14-,29+/m0/s1. The van der Waals surface area contributed by atoms with Gasteiger partial charge in [0.15, 0.2) is 0 Å². The topological polar surface area (TPSA) is 66.4 Å². The first-order chi connectivity index (χ1) is 13.8. The third kappa shape index (κ3) is 4.71. The molecule has 29 heavy (non-hydrogen) atoms. The maximum Gasteiger partial charge on any atom is 0.224 e. The second kappa shape index (κ2) is 8.84. The number of nitrogens with one attached hydrogen (secondary N) is 1. The van der Waals surface area contributed by atoms with Gasteiger partial charge in [0.05, 0.1) is 13.0 Å². The molecule has 0 unspecified atom stereocenters. The number of aliphatic hydroxyl groups excluding tert-OH is 1. The van der Waals surface area contributed by atoms with Crippen LogP contribution in [0.1, 0.15) is 37.0 Å². The van der Waals surface area contributed by atoms with Crippen molar-refractivity contribution in [3.63, 3.8) is 0 Å². The third-order valence-corrected chi connectivity index (χ3v) is 5.93. The van der Waals surface area contributed by atoms with Gasteiger partial charge >= 0.3 is 0 Å². The van der Waals surface area contributed by atoms with Crippen LogP contribution in [0.5, 0.6) is 0 Å². The fourth-order valence-corrected chi connectivity index (χ4v) is 3.96. The van der Waals surface area contributed by atoms with Crippen LogP contribution in [0.4, 0.5) is 4.39 Å². The molecule has 0 bridgehead atoms. The van der Waals surface area contributed by atoms with Crippen molar-refractivity contribution in [1.29, 1.82) is 0 Å².